The van der Waals surface area contributed by atoms with E-state index in [1.807, 2.05) is 32.6 Å². The molecule has 0 radical (unpaired) electrons. The zero-order chi connectivity index (χ0) is 23.2. The summed E-state index contributed by atoms with van der Waals surface area (Å²) in [6.45, 7) is 1.60. The Morgan fingerprint density at radius 2 is 1.97 bits per heavy atom. The van der Waals surface area contributed by atoms with E-state index < -0.39 is 0 Å². The van der Waals surface area contributed by atoms with Crippen LogP contribution in [0, 0.1) is 0 Å². The minimum absolute atomic E-state index is 0.207. The second-order valence-corrected chi connectivity index (χ2v) is 9.38. The lowest BCUT2D eigenvalue weighted by Crippen LogP contribution is -2.43. The first-order valence-electron chi connectivity index (χ1n) is 11.6. The van der Waals surface area contributed by atoms with E-state index in [9.17, 15) is 4.79 Å². The van der Waals surface area contributed by atoms with Gasteiger partial charge in [-0.25, -0.2) is 4.98 Å². The molecule has 1 N–H and O–H groups in total. The smallest absolute Gasteiger partial charge is 0.237 e. The van der Waals surface area contributed by atoms with Crippen molar-refractivity contribution in [3.05, 3.63) is 42.2 Å². The van der Waals surface area contributed by atoms with Crippen LogP contribution >= 0.6 is 0 Å². The molecule has 0 saturated heterocycles. The monoisotopic (exact) mass is 445 g/mol. The van der Waals surface area contributed by atoms with Crippen molar-refractivity contribution in [2.75, 3.05) is 51.6 Å². The number of anilines is 2. The fourth-order valence-electron chi connectivity index (χ4n) is 5.10. The number of carbonyl (C=O) groups excluding carboxylic acids is 1. The van der Waals surface area contributed by atoms with E-state index in [1.165, 1.54) is 0 Å². The van der Waals surface area contributed by atoms with E-state index >= 15 is 0 Å². The molecule has 7 heteroatoms. The van der Waals surface area contributed by atoms with E-state index in [-0.39, 0.29) is 11.3 Å². The van der Waals surface area contributed by atoms with Crippen LogP contribution in [0.1, 0.15) is 31.2 Å². The maximum absolute atomic E-state index is 13.1. The second-order valence-electron chi connectivity index (χ2n) is 9.38. The molecule has 1 aliphatic heterocycles. The van der Waals surface area contributed by atoms with Crippen molar-refractivity contribution < 1.29 is 9.53 Å². The Labute approximate surface area is 194 Å². The number of aromatic nitrogens is 2. The van der Waals surface area contributed by atoms with Gasteiger partial charge in [0.05, 0.1) is 35.1 Å². The van der Waals surface area contributed by atoms with Crippen molar-refractivity contribution in [3.63, 3.8) is 0 Å². The molecular formula is C26H31N5O2. The first kappa shape index (κ1) is 21.6. The topological polar surface area (TPSA) is 70.6 Å². The van der Waals surface area contributed by atoms with E-state index in [2.05, 4.69) is 52.5 Å². The molecule has 33 heavy (non-hydrogen) atoms. The molecule has 5 rings (SSSR count). The van der Waals surface area contributed by atoms with Crippen molar-refractivity contribution in [2.45, 2.75) is 31.1 Å². The lowest BCUT2D eigenvalue weighted by molar-refractivity contribution is -0.125. The fraction of sp³-hybridized carbons (Fsp3) is 0.423. The van der Waals surface area contributed by atoms with Gasteiger partial charge in [0.25, 0.3) is 0 Å². The van der Waals surface area contributed by atoms with E-state index in [4.69, 9.17) is 4.74 Å². The molecule has 1 aliphatic carbocycles. The number of hydrogen-bond acceptors (Lipinski definition) is 6. The second kappa shape index (κ2) is 8.30. The average molecular weight is 446 g/mol. The van der Waals surface area contributed by atoms with Crippen LogP contribution in [0.15, 0.2) is 36.7 Å². The molecule has 2 aromatic heterocycles. The number of benzene rings is 1. The highest BCUT2D eigenvalue weighted by atomic mass is 16.5. The van der Waals surface area contributed by atoms with Gasteiger partial charge in [0.1, 0.15) is 0 Å². The number of rotatable bonds is 7. The third kappa shape index (κ3) is 3.51. The van der Waals surface area contributed by atoms with Crippen LogP contribution in [0.3, 0.4) is 0 Å². The van der Waals surface area contributed by atoms with Crippen LogP contribution in [0.4, 0.5) is 11.4 Å². The van der Waals surface area contributed by atoms with E-state index in [1.54, 1.807) is 4.90 Å². The summed E-state index contributed by atoms with van der Waals surface area (Å²) in [5.74, 6) is 0.822. The molecule has 172 valence electrons. The summed E-state index contributed by atoms with van der Waals surface area (Å²) in [4.78, 5) is 26.3. The van der Waals surface area contributed by atoms with Crippen molar-refractivity contribution >= 4 is 28.2 Å². The predicted molar refractivity (Wildman–Crippen MR) is 132 cm³/mol. The molecule has 1 fully saturated rings. The predicted octanol–water partition coefficient (Wildman–Crippen LogP) is 4.07. The Balaban J connectivity index is 1.50. The number of ether oxygens (including phenoxy) is 1. The van der Waals surface area contributed by atoms with Gasteiger partial charge >= 0.3 is 0 Å². The third-order valence-corrected chi connectivity index (χ3v) is 7.05. The number of carbonyl (C=O) groups is 1. The summed E-state index contributed by atoms with van der Waals surface area (Å²) in [6.07, 6.45) is 7.57. The molecule has 3 aromatic rings. The summed E-state index contributed by atoms with van der Waals surface area (Å²) < 4.78 is 5.92. The number of fused-ring (bicyclic) bond motifs is 4. The summed E-state index contributed by atoms with van der Waals surface area (Å²) in [6, 6.07) is 8.36. The highest BCUT2D eigenvalue weighted by molar-refractivity contribution is 6.13. The van der Waals surface area contributed by atoms with Crippen LogP contribution in [-0.4, -0.2) is 62.1 Å². The van der Waals surface area contributed by atoms with E-state index in [0.717, 1.165) is 71.2 Å². The van der Waals surface area contributed by atoms with Crippen LogP contribution < -0.4 is 15.0 Å². The van der Waals surface area contributed by atoms with Crippen molar-refractivity contribution in [3.8, 4) is 17.0 Å². The van der Waals surface area contributed by atoms with Gasteiger partial charge in [-0.1, -0.05) is 12.5 Å². The van der Waals surface area contributed by atoms with Crippen LogP contribution in [0.2, 0.25) is 0 Å². The van der Waals surface area contributed by atoms with Crippen molar-refractivity contribution in [1.29, 1.82) is 0 Å². The summed E-state index contributed by atoms with van der Waals surface area (Å²) in [5, 5.41) is 4.28. The van der Waals surface area contributed by atoms with Gasteiger partial charge in [-0.3, -0.25) is 9.78 Å². The Bertz CT molecular complexity index is 1220. The SMILES string of the molecule is CNc1cc(-c2ccc3ncc4c(c3c2)C2(CCC2)C(=O)N4C)cnc1OCCCN(C)C. The molecule has 0 bridgehead atoms. The van der Waals surface area contributed by atoms with Crippen LogP contribution in [-0.2, 0) is 10.2 Å². The average Bonchev–Trinajstić information content (AvgIpc) is 3.03. The fourth-order valence-corrected chi connectivity index (χ4v) is 5.10. The van der Waals surface area contributed by atoms with Gasteiger partial charge in [-0.2, -0.15) is 0 Å². The first-order chi connectivity index (χ1) is 15.9. The number of nitrogens with one attached hydrogen (secondary N) is 1. The standard InChI is InChI=1S/C26H31N5O2/c1-27-21-14-18(15-29-24(21)33-12-6-11-30(2)3)17-7-8-20-19(13-17)23-22(16-28-20)31(4)25(32)26(23)9-5-10-26/h7-8,13-16,27H,5-6,9-12H2,1-4H3. The number of pyridine rings is 2. The van der Waals surface area contributed by atoms with Crippen molar-refractivity contribution in [1.82, 2.24) is 14.9 Å². The highest BCUT2D eigenvalue weighted by Gasteiger charge is 2.54. The quantitative estimate of drug-likeness (QED) is 0.553. The van der Waals surface area contributed by atoms with Gasteiger partial charge in [0.2, 0.25) is 11.8 Å². The van der Waals surface area contributed by atoms with Crippen molar-refractivity contribution in [2.24, 2.45) is 0 Å². The van der Waals surface area contributed by atoms with Gasteiger partial charge in [0, 0.05) is 43.4 Å². The van der Waals surface area contributed by atoms with Crippen LogP contribution in [0.5, 0.6) is 5.88 Å². The first-order valence-corrected chi connectivity index (χ1v) is 11.6. The maximum atomic E-state index is 13.1. The molecule has 1 aromatic carbocycles. The van der Waals surface area contributed by atoms with E-state index in [0.29, 0.717) is 12.5 Å². The summed E-state index contributed by atoms with van der Waals surface area (Å²) in [5.41, 5.74) is 5.56. The van der Waals surface area contributed by atoms with Gasteiger partial charge in [-0.15, -0.1) is 0 Å². The molecule has 1 amide bonds. The maximum Gasteiger partial charge on any atom is 0.237 e. The van der Waals surface area contributed by atoms with Gasteiger partial charge in [0.15, 0.2) is 0 Å². The molecule has 0 unspecified atom stereocenters. The summed E-state index contributed by atoms with van der Waals surface area (Å²) in [7, 11) is 7.86. The zero-order valence-electron chi connectivity index (χ0n) is 19.8. The Morgan fingerprint density at radius 3 is 2.67 bits per heavy atom. The zero-order valence-corrected chi connectivity index (χ0v) is 19.8. The van der Waals surface area contributed by atoms with Gasteiger partial charge in [-0.05, 0) is 57.1 Å². The summed E-state index contributed by atoms with van der Waals surface area (Å²) >= 11 is 0. The van der Waals surface area contributed by atoms with Crippen LogP contribution in [0.25, 0.3) is 22.0 Å². The molecular weight excluding hydrogens is 414 g/mol. The Kier molecular flexibility index (Phi) is 5.44. The lowest BCUT2D eigenvalue weighted by Gasteiger charge is -2.37. The minimum atomic E-state index is -0.372. The number of amides is 1. The number of likely N-dealkylation sites (N-methyl/N-ethyl adjacent to an activating group) is 1. The molecule has 1 spiro atoms. The lowest BCUT2D eigenvalue weighted by atomic mass is 9.64. The molecule has 3 heterocycles. The largest absolute Gasteiger partial charge is 0.476 e. The van der Waals surface area contributed by atoms with Gasteiger partial charge < -0.3 is 19.9 Å². The Hall–Kier alpha value is -3.19. The highest BCUT2D eigenvalue weighted by Crippen LogP contribution is 2.55. The third-order valence-electron chi connectivity index (χ3n) is 7.05. The molecule has 0 atom stereocenters. The Morgan fingerprint density at radius 1 is 1.15 bits per heavy atom. The number of hydrogen-bond donors (Lipinski definition) is 1. The normalized spacial score (nSPS) is 16.4. The molecule has 7 nitrogen and oxygen atoms in total. The molecule has 2 aliphatic rings. The minimum Gasteiger partial charge on any atom is -0.476 e. The molecule has 1 saturated carbocycles. The number of nitrogens with zero attached hydrogens (tertiary/aromatic N) is 4.